The van der Waals surface area contributed by atoms with E-state index < -0.39 is 0 Å². The summed E-state index contributed by atoms with van der Waals surface area (Å²) in [6.45, 7) is 6.00. The molecule has 0 aliphatic heterocycles. The zero-order chi connectivity index (χ0) is 22.8. The maximum absolute atomic E-state index is 12.1. The molecule has 2 aromatic carbocycles. The zero-order valence-electron chi connectivity index (χ0n) is 18.3. The highest BCUT2D eigenvalue weighted by molar-refractivity contribution is 6.31. The molecule has 0 atom stereocenters. The Morgan fingerprint density at radius 1 is 1.25 bits per heavy atom. The minimum atomic E-state index is -0.265. The number of H-pyrrole nitrogens is 1. The Bertz CT molecular complexity index is 1380. The van der Waals surface area contributed by atoms with Gasteiger partial charge in [-0.2, -0.15) is 9.66 Å². The number of hydrogen-bond acceptors (Lipinski definition) is 4. The van der Waals surface area contributed by atoms with E-state index in [1.165, 1.54) is 0 Å². The van der Waals surface area contributed by atoms with Gasteiger partial charge in [0.15, 0.2) is 0 Å². The summed E-state index contributed by atoms with van der Waals surface area (Å²) in [6.07, 6.45) is 0.654. The number of rotatable bonds is 6. The number of pyridine rings is 1. The SMILES string of the molecule is CCOC(=O)CCc1c(C)c(C#N)c2[nH]c3ccccc3[n+]2c1Nc1ccc(C)c(Cl)c1. The number of aromatic nitrogens is 2. The Kier molecular flexibility index (Phi) is 6.02. The summed E-state index contributed by atoms with van der Waals surface area (Å²) in [4.78, 5) is 15.5. The van der Waals surface area contributed by atoms with Gasteiger partial charge in [0.05, 0.1) is 12.3 Å². The molecular formula is C25H24ClN4O2+. The van der Waals surface area contributed by atoms with Crippen molar-refractivity contribution in [3.05, 3.63) is 69.7 Å². The predicted molar refractivity (Wildman–Crippen MR) is 125 cm³/mol. The fourth-order valence-electron chi connectivity index (χ4n) is 3.97. The quantitative estimate of drug-likeness (QED) is 0.311. The van der Waals surface area contributed by atoms with Gasteiger partial charge in [-0.25, -0.2) is 0 Å². The number of aromatic amines is 1. The van der Waals surface area contributed by atoms with Crippen molar-refractivity contribution >= 4 is 45.8 Å². The largest absolute Gasteiger partial charge is 0.466 e. The molecule has 0 radical (unpaired) electrons. The number of ether oxygens (including phenoxy) is 1. The lowest BCUT2D eigenvalue weighted by Gasteiger charge is -2.14. The van der Waals surface area contributed by atoms with Crippen LogP contribution in [0.1, 0.15) is 35.6 Å². The summed E-state index contributed by atoms with van der Waals surface area (Å²) in [5.74, 6) is 0.525. The van der Waals surface area contributed by atoms with Crippen LogP contribution in [0.5, 0.6) is 0 Å². The van der Waals surface area contributed by atoms with Crippen molar-refractivity contribution < 1.29 is 13.9 Å². The molecule has 0 saturated heterocycles. The van der Waals surface area contributed by atoms with E-state index in [0.717, 1.165) is 39.2 Å². The number of esters is 1. The molecule has 0 aliphatic carbocycles. The van der Waals surface area contributed by atoms with Gasteiger partial charge in [0, 0.05) is 17.0 Å². The Morgan fingerprint density at radius 3 is 2.75 bits per heavy atom. The number of halogens is 1. The van der Waals surface area contributed by atoms with Gasteiger partial charge in [0.1, 0.15) is 22.7 Å². The molecular weight excluding hydrogens is 424 g/mol. The molecule has 0 aliphatic rings. The molecule has 6 nitrogen and oxygen atoms in total. The maximum Gasteiger partial charge on any atom is 0.306 e. The number of nitrogens with zero attached hydrogens (tertiary/aromatic N) is 2. The van der Waals surface area contributed by atoms with Gasteiger partial charge in [-0.3, -0.25) is 15.1 Å². The first kappa shape index (κ1) is 21.7. The highest BCUT2D eigenvalue weighted by Gasteiger charge is 2.26. The van der Waals surface area contributed by atoms with Crippen molar-refractivity contribution in [1.29, 1.82) is 5.26 Å². The molecule has 4 rings (SSSR count). The highest BCUT2D eigenvalue weighted by atomic mass is 35.5. The van der Waals surface area contributed by atoms with Gasteiger partial charge in [-0.05, 0) is 62.6 Å². The second kappa shape index (κ2) is 8.89. The number of imidazole rings is 1. The Hall–Kier alpha value is -3.56. The van der Waals surface area contributed by atoms with Gasteiger partial charge in [0.25, 0.3) is 0 Å². The number of aryl methyl sites for hydroxylation is 1. The van der Waals surface area contributed by atoms with E-state index in [9.17, 15) is 10.1 Å². The normalized spacial score (nSPS) is 11.0. The number of fused-ring (bicyclic) bond motifs is 3. The number of para-hydroxylation sites is 2. The summed E-state index contributed by atoms with van der Waals surface area (Å²) in [6, 6.07) is 16.0. The molecule has 0 spiro atoms. The molecule has 0 fully saturated rings. The summed E-state index contributed by atoms with van der Waals surface area (Å²) in [5.41, 5.74) is 6.60. The van der Waals surface area contributed by atoms with Crippen LogP contribution in [0.3, 0.4) is 0 Å². The van der Waals surface area contributed by atoms with E-state index in [2.05, 4.69) is 16.4 Å². The third-order valence-electron chi connectivity index (χ3n) is 5.63. The third-order valence-corrected chi connectivity index (χ3v) is 6.03. The molecule has 0 bridgehead atoms. The zero-order valence-corrected chi connectivity index (χ0v) is 19.0. The number of anilines is 2. The van der Waals surface area contributed by atoms with E-state index in [-0.39, 0.29) is 12.4 Å². The summed E-state index contributed by atoms with van der Waals surface area (Å²) in [7, 11) is 0. The molecule has 2 heterocycles. The molecule has 162 valence electrons. The number of carbonyl (C=O) groups excluding carboxylic acids is 1. The van der Waals surface area contributed by atoms with E-state index >= 15 is 0 Å². The minimum Gasteiger partial charge on any atom is -0.466 e. The van der Waals surface area contributed by atoms with Crippen LogP contribution in [0.2, 0.25) is 5.02 Å². The third kappa shape index (κ3) is 3.88. The Morgan fingerprint density at radius 2 is 2.03 bits per heavy atom. The van der Waals surface area contributed by atoms with E-state index in [1.807, 2.05) is 60.7 Å². The van der Waals surface area contributed by atoms with Crippen LogP contribution in [0.4, 0.5) is 11.5 Å². The lowest BCUT2D eigenvalue weighted by atomic mass is 10.00. The van der Waals surface area contributed by atoms with Crippen molar-refractivity contribution in [3.63, 3.8) is 0 Å². The fourth-order valence-corrected chi connectivity index (χ4v) is 4.15. The first-order valence-corrected chi connectivity index (χ1v) is 10.9. The lowest BCUT2D eigenvalue weighted by Crippen LogP contribution is -2.29. The van der Waals surface area contributed by atoms with Crippen molar-refractivity contribution in [2.45, 2.75) is 33.6 Å². The molecule has 4 aromatic rings. The number of carbonyl (C=O) groups is 1. The summed E-state index contributed by atoms with van der Waals surface area (Å²) < 4.78 is 7.14. The van der Waals surface area contributed by atoms with Gasteiger partial charge in [-0.1, -0.05) is 29.8 Å². The first-order chi connectivity index (χ1) is 15.4. The maximum atomic E-state index is 12.1. The smallest absolute Gasteiger partial charge is 0.306 e. The Labute approximate surface area is 191 Å². The second-order valence-corrected chi connectivity index (χ2v) is 8.07. The number of hydrogen-bond donors (Lipinski definition) is 2. The molecule has 2 N–H and O–H groups in total. The van der Waals surface area contributed by atoms with Crippen LogP contribution in [0.25, 0.3) is 16.7 Å². The van der Waals surface area contributed by atoms with Crippen molar-refractivity contribution in [2.75, 3.05) is 11.9 Å². The van der Waals surface area contributed by atoms with E-state index in [4.69, 9.17) is 16.3 Å². The van der Waals surface area contributed by atoms with Crippen molar-refractivity contribution in [3.8, 4) is 6.07 Å². The molecule has 7 heteroatoms. The van der Waals surface area contributed by atoms with Crippen LogP contribution in [0, 0.1) is 25.2 Å². The molecule has 0 unspecified atom stereocenters. The van der Waals surface area contributed by atoms with Crippen LogP contribution in [0.15, 0.2) is 42.5 Å². The predicted octanol–water partition coefficient (Wildman–Crippen LogP) is 5.29. The number of benzene rings is 2. The number of nitriles is 1. The Balaban J connectivity index is 1.97. The number of nitrogens with one attached hydrogen (secondary N) is 2. The summed E-state index contributed by atoms with van der Waals surface area (Å²) >= 11 is 6.37. The average molecular weight is 448 g/mol. The second-order valence-electron chi connectivity index (χ2n) is 7.66. The van der Waals surface area contributed by atoms with Crippen LogP contribution >= 0.6 is 11.6 Å². The first-order valence-electron chi connectivity index (χ1n) is 10.5. The van der Waals surface area contributed by atoms with E-state index in [1.54, 1.807) is 6.92 Å². The molecule has 0 amide bonds. The van der Waals surface area contributed by atoms with Gasteiger partial charge < -0.3 is 4.74 Å². The van der Waals surface area contributed by atoms with E-state index in [0.29, 0.717) is 29.3 Å². The topological polar surface area (TPSA) is 82.0 Å². The van der Waals surface area contributed by atoms with Gasteiger partial charge >= 0.3 is 5.97 Å². The standard InChI is InChI=1S/C25H23ClN4O2/c1-4-32-23(31)12-11-18-16(3)19(14-27)25-29-21-7-5-6-8-22(21)30(25)24(18)28-17-10-9-15(2)20(26)13-17/h5-10,13H,4,11-12H2,1-3H3,(H,28,29)/p+1. The average Bonchev–Trinajstić information content (AvgIpc) is 3.15. The summed E-state index contributed by atoms with van der Waals surface area (Å²) in [5, 5.41) is 14.1. The van der Waals surface area contributed by atoms with Crippen LogP contribution < -0.4 is 9.72 Å². The fraction of sp³-hybridized carbons (Fsp3) is 0.240. The van der Waals surface area contributed by atoms with Crippen LogP contribution in [-0.2, 0) is 16.0 Å². The van der Waals surface area contributed by atoms with Gasteiger partial charge in [-0.15, -0.1) is 0 Å². The van der Waals surface area contributed by atoms with Crippen molar-refractivity contribution in [1.82, 2.24) is 4.98 Å². The molecule has 2 aromatic heterocycles. The molecule has 32 heavy (non-hydrogen) atoms. The monoisotopic (exact) mass is 447 g/mol. The lowest BCUT2D eigenvalue weighted by molar-refractivity contribution is -0.465. The molecule has 0 saturated carbocycles. The van der Waals surface area contributed by atoms with Crippen molar-refractivity contribution in [2.24, 2.45) is 0 Å². The minimum absolute atomic E-state index is 0.220. The van der Waals surface area contributed by atoms with Gasteiger partial charge in [0.2, 0.25) is 11.5 Å². The van der Waals surface area contributed by atoms with Crippen LogP contribution in [-0.4, -0.2) is 17.6 Å². The highest BCUT2D eigenvalue weighted by Crippen LogP contribution is 2.30.